The fraction of sp³-hybridized carbons (Fsp3) is 0.235. The second-order valence-corrected chi connectivity index (χ2v) is 7.90. The number of benzene rings is 1. The Balaban J connectivity index is 1.83. The molecule has 0 amide bonds. The molecule has 1 atom stereocenters. The maximum atomic E-state index is 6.02. The van der Waals surface area contributed by atoms with Crippen LogP contribution in [0.2, 0.25) is 5.02 Å². The first-order valence-electron chi connectivity index (χ1n) is 7.26. The normalized spacial score (nSPS) is 12.5. The molecule has 0 saturated heterocycles. The highest BCUT2D eigenvalue weighted by atomic mass is 35.5. The van der Waals surface area contributed by atoms with Gasteiger partial charge in [-0.1, -0.05) is 23.7 Å². The fourth-order valence-corrected chi connectivity index (χ4v) is 4.10. The van der Waals surface area contributed by atoms with Gasteiger partial charge < -0.3 is 4.57 Å². The summed E-state index contributed by atoms with van der Waals surface area (Å²) < 4.78 is 3.38. The molecule has 2 heterocycles. The Labute approximate surface area is 149 Å². The lowest BCUT2D eigenvalue weighted by atomic mass is 10.1. The van der Waals surface area contributed by atoms with Crippen molar-refractivity contribution in [3.63, 3.8) is 0 Å². The second kappa shape index (κ2) is 7.53. The van der Waals surface area contributed by atoms with Crippen molar-refractivity contribution in [2.75, 3.05) is 6.26 Å². The van der Waals surface area contributed by atoms with E-state index in [1.165, 1.54) is 9.09 Å². The third kappa shape index (κ3) is 3.98. The van der Waals surface area contributed by atoms with E-state index in [9.17, 15) is 0 Å². The summed E-state index contributed by atoms with van der Waals surface area (Å²) in [4.78, 5) is 5.84. The molecule has 1 N–H and O–H groups in total. The van der Waals surface area contributed by atoms with Crippen LogP contribution in [-0.2, 0) is 13.6 Å². The van der Waals surface area contributed by atoms with E-state index in [1.54, 1.807) is 11.8 Å². The van der Waals surface area contributed by atoms with Gasteiger partial charge in [-0.15, -0.1) is 23.1 Å². The molecule has 0 aliphatic heterocycles. The quantitative estimate of drug-likeness (QED) is 0.642. The average molecular weight is 364 g/mol. The van der Waals surface area contributed by atoms with Crippen molar-refractivity contribution < 1.29 is 0 Å². The first-order valence-corrected chi connectivity index (χ1v) is 9.68. The van der Waals surface area contributed by atoms with E-state index >= 15 is 0 Å². The molecule has 1 aromatic carbocycles. The first kappa shape index (κ1) is 16.6. The third-order valence-corrected chi connectivity index (χ3v) is 6.06. The lowest BCUT2D eigenvalue weighted by Gasteiger charge is -2.19. The Morgan fingerprint density at radius 2 is 2.04 bits per heavy atom. The average Bonchev–Trinajstić information content (AvgIpc) is 3.18. The van der Waals surface area contributed by atoms with Gasteiger partial charge in [0, 0.05) is 35.9 Å². The van der Waals surface area contributed by atoms with Crippen LogP contribution >= 0.6 is 34.7 Å². The predicted octanol–water partition coefficient (Wildman–Crippen LogP) is 4.74. The molecular formula is C17H18ClN3S2. The van der Waals surface area contributed by atoms with Gasteiger partial charge in [0.15, 0.2) is 0 Å². The molecule has 120 valence electrons. The van der Waals surface area contributed by atoms with Crippen LogP contribution < -0.4 is 5.32 Å². The molecule has 0 fully saturated rings. The number of aromatic nitrogens is 2. The zero-order chi connectivity index (χ0) is 16.2. The molecule has 0 bridgehead atoms. The van der Waals surface area contributed by atoms with Crippen LogP contribution in [0.3, 0.4) is 0 Å². The van der Waals surface area contributed by atoms with Crippen molar-refractivity contribution in [1.29, 1.82) is 0 Å². The highest BCUT2D eigenvalue weighted by Crippen LogP contribution is 2.27. The molecule has 23 heavy (non-hydrogen) atoms. The zero-order valence-corrected chi connectivity index (χ0v) is 15.4. The summed E-state index contributed by atoms with van der Waals surface area (Å²) in [6, 6.07) is 12.3. The van der Waals surface area contributed by atoms with Crippen LogP contribution in [-0.4, -0.2) is 15.8 Å². The summed E-state index contributed by atoms with van der Waals surface area (Å²) in [6.45, 7) is 0.811. The Morgan fingerprint density at radius 1 is 1.26 bits per heavy atom. The molecule has 6 heteroatoms. The van der Waals surface area contributed by atoms with Crippen LogP contribution in [0.5, 0.6) is 0 Å². The van der Waals surface area contributed by atoms with E-state index in [-0.39, 0.29) is 6.04 Å². The molecule has 0 spiro atoms. The van der Waals surface area contributed by atoms with E-state index < -0.39 is 0 Å². The first-order chi connectivity index (χ1) is 11.2. The largest absolute Gasteiger partial charge is 0.336 e. The number of thioether (sulfide) groups is 1. The smallest absolute Gasteiger partial charge is 0.130 e. The molecule has 2 aromatic heterocycles. The Kier molecular flexibility index (Phi) is 5.43. The van der Waals surface area contributed by atoms with Gasteiger partial charge in [0.05, 0.1) is 10.3 Å². The van der Waals surface area contributed by atoms with Crippen molar-refractivity contribution in [2.45, 2.75) is 16.8 Å². The van der Waals surface area contributed by atoms with Gasteiger partial charge in [0.1, 0.15) is 5.82 Å². The summed E-state index contributed by atoms with van der Waals surface area (Å²) in [7, 11) is 2.02. The maximum Gasteiger partial charge on any atom is 0.130 e. The van der Waals surface area contributed by atoms with Crippen LogP contribution in [0.25, 0.3) is 0 Å². The molecule has 1 unspecified atom stereocenters. The van der Waals surface area contributed by atoms with Crippen molar-refractivity contribution in [2.24, 2.45) is 7.05 Å². The molecule has 0 aliphatic rings. The predicted molar refractivity (Wildman–Crippen MR) is 99.4 cm³/mol. The van der Waals surface area contributed by atoms with E-state index in [1.807, 2.05) is 47.5 Å². The van der Waals surface area contributed by atoms with Gasteiger partial charge in [-0.05, 0) is 36.1 Å². The zero-order valence-electron chi connectivity index (χ0n) is 13.0. The van der Waals surface area contributed by atoms with Gasteiger partial charge in [-0.2, -0.15) is 0 Å². The highest BCUT2D eigenvalue weighted by Gasteiger charge is 2.18. The van der Waals surface area contributed by atoms with Gasteiger partial charge in [0.25, 0.3) is 0 Å². The van der Waals surface area contributed by atoms with Gasteiger partial charge in [0.2, 0.25) is 0 Å². The molecule has 0 saturated carbocycles. The number of rotatable bonds is 6. The van der Waals surface area contributed by atoms with Crippen molar-refractivity contribution >= 4 is 34.7 Å². The van der Waals surface area contributed by atoms with Crippen LogP contribution in [0.4, 0.5) is 0 Å². The number of nitrogens with one attached hydrogen (secondary N) is 1. The summed E-state index contributed by atoms with van der Waals surface area (Å²) in [5.74, 6) is 0.994. The molecule has 3 rings (SSSR count). The monoisotopic (exact) mass is 363 g/mol. The molecule has 0 aliphatic carbocycles. The number of hydrogen-bond donors (Lipinski definition) is 1. The summed E-state index contributed by atoms with van der Waals surface area (Å²) in [5, 5.41) is 4.37. The lowest BCUT2D eigenvalue weighted by molar-refractivity contribution is 0.561. The topological polar surface area (TPSA) is 29.9 Å². The standard InChI is InChI=1S/C17H18ClN3S2/c1-21-10-9-19-17(21)16(12-3-5-13(18)6-4-12)20-11-14-7-8-15(22-2)23-14/h3-10,16,20H,11H2,1-2H3. The lowest BCUT2D eigenvalue weighted by Crippen LogP contribution is -2.24. The van der Waals surface area contributed by atoms with Gasteiger partial charge in [-0.25, -0.2) is 4.98 Å². The van der Waals surface area contributed by atoms with Crippen molar-refractivity contribution in [3.8, 4) is 0 Å². The Hall–Kier alpha value is -1.27. The third-order valence-electron chi connectivity index (χ3n) is 3.64. The van der Waals surface area contributed by atoms with E-state index in [4.69, 9.17) is 11.6 Å². The van der Waals surface area contributed by atoms with Gasteiger partial charge >= 0.3 is 0 Å². The number of thiophene rings is 1. The number of aryl methyl sites for hydroxylation is 1. The fourth-order valence-electron chi connectivity index (χ4n) is 2.43. The molecule has 3 aromatic rings. The minimum absolute atomic E-state index is 0.0343. The van der Waals surface area contributed by atoms with Crippen molar-refractivity contribution in [1.82, 2.24) is 14.9 Å². The van der Waals surface area contributed by atoms with Crippen LogP contribution in [0.15, 0.2) is 53.0 Å². The van der Waals surface area contributed by atoms with Crippen molar-refractivity contribution in [3.05, 3.63) is 70.1 Å². The number of nitrogens with zero attached hydrogens (tertiary/aromatic N) is 2. The minimum Gasteiger partial charge on any atom is -0.336 e. The van der Waals surface area contributed by atoms with Crippen LogP contribution in [0.1, 0.15) is 22.3 Å². The second-order valence-electron chi connectivity index (χ2n) is 5.19. The molecule has 0 radical (unpaired) electrons. The van der Waals surface area contributed by atoms with Gasteiger partial charge in [-0.3, -0.25) is 5.32 Å². The summed E-state index contributed by atoms with van der Waals surface area (Å²) in [5.41, 5.74) is 1.16. The highest BCUT2D eigenvalue weighted by molar-refractivity contribution is 8.00. The number of hydrogen-bond acceptors (Lipinski definition) is 4. The van der Waals surface area contributed by atoms with Crippen LogP contribution in [0, 0.1) is 0 Å². The summed E-state index contributed by atoms with van der Waals surface area (Å²) in [6.07, 6.45) is 5.90. The molecule has 3 nitrogen and oxygen atoms in total. The SMILES string of the molecule is CSc1ccc(CNC(c2ccc(Cl)cc2)c2nccn2C)s1. The van der Waals surface area contributed by atoms with E-state index in [2.05, 4.69) is 40.8 Å². The Bertz CT molecular complexity index is 764. The van der Waals surface area contributed by atoms with E-state index in [0.717, 1.165) is 23.0 Å². The van der Waals surface area contributed by atoms with E-state index in [0.29, 0.717) is 0 Å². The Morgan fingerprint density at radius 3 is 2.65 bits per heavy atom. The number of halogens is 1. The maximum absolute atomic E-state index is 6.02. The number of imidazole rings is 1. The minimum atomic E-state index is 0.0343. The summed E-state index contributed by atoms with van der Waals surface area (Å²) >= 11 is 9.63. The molecular weight excluding hydrogens is 346 g/mol.